The van der Waals surface area contributed by atoms with E-state index in [1.165, 1.54) is 6.07 Å². The molecule has 1 aromatic rings. The van der Waals surface area contributed by atoms with Gasteiger partial charge < -0.3 is 9.64 Å². The number of hydrogen-bond donors (Lipinski definition) is 0. The van der Waals surface area contributed by atoms with Crippen LogP contribution in [0.4, 0.5) is 4.39 Å². The van der Waals surface area contributed by atoms with Crippen molar-refractivity contribution >= 4 is 17.3 Å². The summed E-state index contributed by atoms with van der Waals surface area (Å²) in [5, 5.41) is 0.500. The van der Waals surface area contributed by atoms with Crippen molar-refractivity contribution in [1.29, 1.82) is 0 Å². The minimum absolute atomic E-state index is 0. The quantitative estimate of drug-likeness (QED) is 0.720. The fourth-order valence-corrected chi connectivity index (χ4v) is 2.04. The molecule has 1 aliphatic rings. The van der Waals surface area contributed by atoms with Crippen molar-refractivity contribution in [2.75, 3.05) is 13.7 Å². The molecule has 0 aliphatic carbocycles. The number of likely N-dealkylation sites (N-methyl/N-ethyl adjacent to an activating group) is 1. The molecule has 1 radical (unpaired) electrons. The average Bonchev–Trinajstić information content (AvgIpc) is 2.44. The summed E-state index contributed by atoms with van der Waals surface area (Å²) in [4.78, 5) is 1.72. The van der Waals surface area contributed by atoms with Crippen molar-refractivity contribution in [1.82, 2.24) is 4.90 Å². The summed E-state index contributed by atoms with van der Waals surface area (Å²) in [6, 6.07) is 4.81. The van der Waals surface area contributed by atoms with E-state index in [2.05, 4.69) is 12.7 Å². The molecule has 0 N–H and O–H groups in total. The summed E-state index contributed by atoms with van der Waals surface area (Å²) in [6.45, 7) is 6.43. The number of benzene rings is 1. The van der Waals surface area contributed by atoms with E-state index in [0.717, 1.165) is 6.42 Å². The van der Waals surface area contributed by atoms with E-state index < -0.39 is 0 Å². The van der Waals surface area contributed by atoms with Crippen LogP contribution in [0.5, 0.6) is 5.75 Å². The largest absolute Gasteiger partial charge is 0.494 e. The molecule has 1 heterocycles. The van der Waals surface area contributed by atoms with Gasteiger partial charge in [-0.2, -0.15) is 23.8 Å². The maximum atomic E-state index is 14.2. The van der Waals surface area contributed by atoms with Gasteiger partial charge in [-0.25, -0.2) is 4.39 Å². The van der Waals surface area contributed by atoms with E-state index in [-0.39, 0.29) is 38.5 Å². The van der Waals surface area contributed by atoms with Crippen LogP contribution in [0.2, 0.25) is 0 Å². The number of ether oxygens (including phenoxy) is 1. The Hall–Kier alpha value is -0.636. The fourth-order valence-electron chi connectivity index (χ4n) is 1.86. The number of rotatable bonds is 4. The molecule has 0 atom stereocenters. The zero-order chi connectivity index (χ0) is 14.7. The summed E-state index contributed by atoms with van der Waals surface area (Å²) in [5.74, 6) is 0.173. The van der Waals surface area contributed by atoms with Crippen molar-refractivity contribution in [3.05, 3.63) is 59.0 Å². The van der Waals surface area contributed by atoms with Gasteiger partial charge in [0.05, 0.1) is 12.4 Å². The topological polar surface area (TPSA) is 12.5 Å². The zero-order valence-electron chi connectivity index (χ0n) is 12.1. The number of nitrogens with zero attached hydrogens (tertiary/aromatic N) is 1. The summed E-state index contributed by atoms with van der Waals surface area (Å²) in [5.41, 5.74) is 1.66. The molecule has 0 saturated heterocycles. The second-order valence-corrected chi connectivity index (χ2v) is 4.89. The van der Waals surface area contributed by atoms with Crippen molar-refractivity contribution < 1.29 is 41.8 Å². The first-order valence-corrected chi connectivity index (χ1v) is 6.77. The van der Waals surface area contributed by atoms with E-state index >= 15 is 0 Å². The van der Waals surface area contributed by atoms with Gasteiger partial charge in [0.2, 0.25) is 0 Å². The molecule has 5 heteroatoms. The van der Waals surface area contributed by atoms with Gasteiger partial charge in [-0.1, -0.05) is 24.8 Å². The van der Waals surface area contributed by atoms with Gasteiger partial charge in [0.1, 0.15) is 5.75 Å². The Morgan fingerprint density at radius 1 is 1.43 bits per heavy atom. The second-order valence-electron chi connectivity index (χ2n) is 4.48. The predicted molar refractivity (Wildman–Crippen MR) is 79.7 cm³/mol. The smallest absolute Gasteiger partial charge is 0.120 e. The van der Waals surface area contributed by atoms with Gasteiger partial charge >= 0.3 is 0 Å². The van der Waals surface area contributed by atoms with Gasteiger partial charge in [-0.15, -0.1) is 6.07 Å². The van der Waals surface area contributed by atoms with Crippen LogP contribution in [0, 0.1) is 11.9 Å². The molecule has 0 amide bonds. The molecule has 109 valence electrons. The standard InChI is InChI=1S/C16H16ClFNO.Y/c1-4-9-20-12-5-6-13(15(18)10-12)16-8-7-14(17)11(2)19(16)3;/h5-7,10H,2,4,9H2,1,3H3;/q-1;. The number of halogens is 2. The van der Waals surface area contributed by atoms with E-state index in [1.54, 1.807) is 30.2 Å². The molecule has 2 rings (SSSR count). The first-order chi connectivity index (χ1) is 9.54. The van der Waals surface area contributed by atoms with Crippen molar-refractivity contribution in [2.24, 2.45) is 0 Å². The van der Waals surface area contributed by atoms with Crippen LogP contribution in [-0.4, -0.2) is 18.6 Å². The van der Waals surface area contributed by atoms with Gasteiger partial charge in [0.25, 0.3) is 0 Å². The van der Waals surface area contributed by atoms with Gasteiger partial charge in [0.15, 0.2) is 0 Å². The van der Waals surface area contributed by atoms with Gasteiger partial charge in [-0.05, 0) is 23.2 Å². The van der Waals surface area contributed by atoms with Crippen LogP contribution in [0.15, 0.2) is 41.6 Å². The summed E-state index contributed by atoms with van der Waals surface area (Å²) in [7, 11) is 1.78. The Morgan fingerprint density at radius 2 is 2.14 bits per heavy atom. The minimum atomic E-state index is -0.354. The minimum Gasteiger partial charge on any atom is -0.494 e. The van der Waals surface area contributed by atoms with E-state index in [9.17, 15) is 4.39 Å². The molecule has 0 spiro atoms. The molecule has 0 aromatic heterocycles. The molecule has 0 fully saturated rings. The van der Waals surface area contributed by atoms with Crippen LogP contribution in [0.1, 0.15) is 18.9 Å². The zero-order valence-corrected chi connectivity index (χ0v) is 15.7. The van der Waals surface area contributed by atoms with Crippen LogP contribution < -0.4 is 4.74 Å². The average molecular weight is 382 g/mol. The number of hydrogen-bond acceptors (Lipinski definition) is 2. The Morgan fingerprint density at radius 3 is 2.76 bits per heavy atom. The third-order valence-electron chi connectivity index (χ3n) is 3.02. The molecule has 0 bridgehead atoms. The normalized spacial score (nSPS) is 14.3. The molecule has 21 heavy (non-hydrogen) atoms. The summed E-state index contributed by atoms with van der Waals surface area (Å²) in [6.07, 6.45) is 5.46. The molecular formula is C16H16ClFNOY-. The fraction of sp³-hybridized carbons (Fsp3) is 0.250. The van der Waals surface area contributed by atoms with Crippen molar-refractivity contribution in [2.45, 2.75) is 13.3 Å². The van der Waals surface area contributed by atoms with Crippen LogP contribution in [-0.2, 0) is 32.7 Å². The first-order valence-electron chi connectivity index (χ1n) is 6.39. The Bertz CT molecular complexity index is 598. The second kappa shape index (κ2) is 8.12. The van der Waals surface area contributed by atoms with Crippen LogP contribution in [0.25, 0.3) is 5.70 Å². The first kappa shape index (κ1) is 18.4. The maximum absolute atomic E-state index is 14.2. The SMILES string of the molecule is C=C1C(Cl)=C[C-]=C(c2ccc(OCCC)cc2F)N1C.[Y]. The monoisotopic (exact) mass is 381 g/mol. The van der Waals surface area contributed by atoms with Crippen LogP contribution in [0.3, 0.4) is 0 Å². The molecule has 1 aromatic carbocycles. The molecule has 0 unspecified atom stereocenters. The Labute approximate surface area is 155 Å². The molecule has 2 nitrogen and oxygen atoms in total. The molecular weight excluding hydrogens is 366 g/mol. The van der Waals surface area contributed by atoms with Crippen LogP contribution >= 0.6 is 11.6 Å². The van der Waals surface area contributed by atoms with Gasteiger partial charge in [-0.3, -0.25) is 0 Å². The van der Waals surface area contributed by atoms with E-state index in [1.807, 2.05) is 6.92 Å². The third-order valence-corrected chi connectivity index (χ3v) is 3.35. The molecule has 0 saturated carbocycles. The summed E-state index contributed by atoms with van der Waals surface area (Å²) < 4.78 is 19.6. The number of allylic oxidation sites excluding steroid dienone is 3. The van der Waals surface area contributed by atoms with Crippen molar-refractivity contribution in [3.63, 3.8) is 0 Å². The maximum Gasteiger partial charge on any atom is 0.120 e. The Balaban J connectivity index is 0.00000220. The summed E-state index contributed by atoms with van der Waals surface area (Å²) >= 11 is 5.97. The Kier molecular flexibility index (Phi) is 7.12. The third kappa shape index (κ3) is 4.18. The molecule has 1 aliphatic heterocycles. The van der Waals surface area contributed by atoms with E-state index in [4.69, 9.17) is 16.3 Å². The van der Waals surface area contributed by atoms with Crippen molar-refractivity contribution in [3.8, 4) is 5.75 Å². The predicted octanol–water partition coefficient (Wildman–Crippen LogP) is 4.34. The van der Waals surface area contributed by atoms with Gasteiger partial charge in [0, 0.05) is 45.8 Å². The van der Waals surface area contributed by atoms with E-state index in [0.29, 0.717) is 34.3 Å².